The minimum absolute atomic E-state index is 0.0485. The highest BCUT2D eigenvalue weighted by atomic mass is 32.2. The molecule has 0 aliphatic carbocycles. The number of para-hydroxylation sites is 1. The Bertz CT molecular complexity index is 1570. The van der Waals surface area contributed by atoms with Crippen molar-refractivity contribution in [2.75, 3.05) is 34.4 Å². The molecule has 12 heteroatoms. The number of hydrogen-bond donors (Lipinski definition) is 0. The number of hydrogen-bond acceptors (Lipinski definition) is 10. The number of benzene rings is 1. The van der Waals surface area contributed by atoms with Gasteiger partial charge in [-0.1, -0.05) is 18.2 Å². The predicted molar refractivity (Wildman–Crippen MR) is 143 cm³/mol. The van der Waals surface area contributed by atoms with Crippen molar-refractivity contribution in [1.82, 2.24) is 20.1 Å². The SMILES string of the molecule is O=c1c(N(Cc2ccc(-c3nnc(C(F)F)o3)cn2)c2ccccc2)c(N2CC3CC2CN3C2CSC2)c1=O. The van der Waals surface area contributed by atoms with Crippen LogP contribution in [0.1, 0.15) is 24.4 Å². The zero-order chi connectivity index (χ0) is 26.7. The average molecular weight is 551 g/mol. The molecule has 5 heterocycles. The lowest BCUT2D eigenvalue weighted by Crippen LogP contribution is -2.56. The minimum Gasteiger partial charge on any atom is -0.415 e. The number of rotatable bonds is 8. The number of likely N-dealkylation sites (tertiary alicyclic amines) is 1. The van der Waals surface area contributed by atoms with E-state index in [0.29, 0.717) is 34.7 Å². The Hall–Kier alpha value is -3.64. The monoisotopic (exact) mass is 550 g/mol. The van der Waals surface area contributed by atoms with Gasteiger partial charge in [-0.15, -0.1) is 10.2 Å². The van der Waals surface area contributed by atoms with E-state index in [0.717, 1.165) is 25.2 Å². The molecule has 9 nitrogen and oxygen atoms in total. The van der Waals surface area contributed by atoms with E-state index in [1.54, 1.807) is 12.1 Å². The van der Waals surface area contributed by atoms with E-state index in [2.05, 4.69) is 25.0 Å². The average Bonchev–Trinajstić information content (AvgIpc) is 3.67. The third-order valence-corrected chi connectivity index (χ3v) is 9.12. The van der Waals surface area contributed by atoms with Crippen LogP contribution in [0.5, 0.6) is 0 Å². The highest BCUT2D eigenvalue weighted by Gasteiger charge is 2.49. The largest absolute Gasteiger partial charge is 0.415 e. The molecule has 2 unspecified atom stereocenters. The van der Waals surface area contributed by atoms with Crippen LogP contribution in [0.25, 0.3) is 11.5 Å². The van der Waals surface area contributed by atoms with Gasteiger partial charge in [0.1, 0.15) is 11.4 Å². The standard InChI is InChI=1S/C27H24F2N6O3S/c28-25(29)27-32-31-26(38-27)15-6-7-16(30-9-15)10-34(17-4-2-1-3-5-17)21-22(24(37)23(21)36)35-12-18-8-19(35)11-33(18)20-13-39-14-20/h1-7,9,18-20,25H,8,10-14H2. The van der Waals surface area contributed by atoms with Gasteiger partial charge in [0, 0.05) is 54.6 Å². The minimum atomic E-state index is -2.85. The molecule has 2 aromatic carbocycles. The van der Waals surface area contributed by atoms with Crippen LogP contribution in [0, 0.1) is 0 Å². The van der Waals surface area contributed by atoms with Crippen LogP contribution in [0.2, 0.25) is 0 Å². The second-order valence-corrected chi connectivity index (χ2v) is 11.2. The number of halogens is 2. The molecule has 2 atom stereocenters. The Kier molecular flexibility index (Phi) is 5.96. The molecule has 3 aliphatic rings. The number of nitrogens with zero attached hydrogens (tertiary/aromatic N) is 6. The summed E-state index contributed by atoms with van der Waals surface area (Å²) in [4.78, 5) is 37.1. The first-order chi connectivity index (χ1) is 19.0. The molecule has 3 saturated heterocycles. The van der Waals surface area contributed by atoms with Gasteiger partial charge in [0.25, 0.3) is 16.7 Å². The maximum Gasteiger partial charge on any atom is 0.314 e. The summed E-state index contributed by atoms with van der Waals surface area (Å²) in [6.07, 6.45) is -0.373. The molecule has 39 heavy (non-hydrogen) atoms. The Balaban J connectivity index is 1.17. The van der Waals surface area contributed by atoms with Gasteiger partial charge < -0.3 is 14.2 Å². The molecule has 0 N–H and O–H groups in total. The molecule has 2 bridgehead atoms. The van der Waals surface area contributed by atoms with Gasteiger partial charge in [-0.2, -0.15) is 20.5 Å². The van der Waals surface area contributed by atoms with E-state index in [-0.39, 0.29) is 18.5 Å². The first-order valence-electron chi connectivity index (χ1n) is 12.8. The zero-order valence-corrected chi connectivity index (χ0v) is 21.6. The van der Waals surface area contributed by atoms with Crippen molar-refractivity contribution in [2.24, 2.45) is 0 Å². The molecule has 0 saturated carbocycles. The molecule has 0 spiro atoms. The Morgan fingerprint density at radius 2 is 1.82 bits per heavy atom. The van der Waals surface area contributed by atoms with Gasteiger partial charge in [0.15, 0.2) is 0 Å². The summed E-state index contributed by atoms with van der Waals surface area (Å²) in [5.74, 6) is 1.54. The van der Waals surface area contributed by atoms with Crippen LogP contribution >= 0.6 is 11.8 Å². The fraction of sp³-hybridized carbons (Fsp3) is 0.370. The molecule has 2 aromatic heterocycles. The lowest BCUT2D eigenvalue weighted by Gasteiger charge is -2.43. The van der Waals surface area contributed by atoms with Crippen molar-refractivity contribution >= 4 is 28.8 Å². The summed E-state index contributed by atoms with van der Waals surface area (Å²) < 4.78 is 30.7. The molecule has 0 radical (unpaired) electrons. The smallest absolute Gasteiger partial charge is 0.314 e. The second-order valence-electron chi connectivity index (χ2n) is 10.1. The van der Waals surface area contributed by atoms with Gasteiger partial charge in [-0.25, -0.2) is 0 Å². The summed E-state index contributed by atoms with van der Waals surface area (Å²) in [5, 5.41) is 7.02. The van der Waals surface area contributed by atoms with Crippen LogP contribution in [-0.4, -0.2) is 62.8 Å². The van der Waals surface area contributed by atoms with Crippen molar-refractivity contribution in [3.63, 3.8) is 0 Å². The fourth-order valence-corrected chi connectivity index (χ4v) is 6.70. The summed E-state index contributed by atoms with van der Waals surface area (Å²) in [5.41, 5.74) is 1.76. The van der Waals surface area contributed by atoms with Crippen molar-refractivity contribution in [3.05, 3.63) is 80.7 Å². The summed E-state index contributed by atoms with van der Waals surface area (Å²) in [6, 6.07) is 14.1. The lowest BCUT2D eigenvalue weighted by molar-refractivity contribution is 0.116. The lowest BCUT2D eigenvalue weighted by atomic mass is 10.1. The number of pyridine rings is 1. The van der Waals surface area contributed by atoms with Gasteiger partial charge in [0.2, 0.25) is 5.89 Å². The van der Waals surface area contributed by atoms with E-state index in [4.69, 9.17) is 4.42 Å². The van der Waals surface area contributed by atoms with Crippen LogP contribution in [0.3, 0.4) is 0 Å². The highest BCUT2D eigenvalue weighted by molar-refractivity contribution is 8.00. The molecule has 7 rings (SSSR count). The van der Waals surface area contributed by atoms with Crippen LogP contribution < -0.4 is 20.7 Å². The van der Waals surface area contributed by atoms with Gasteiger partial charge in [-0.3, -0.25) is 19.5 Å². The van der Waals surface area contributed by atoms with E-state index in [9.17, 15) is 18.4 Å². The summed E-state index contributed by atoms with van der Waals surface area (Å²) in [6.45, 7) is 1.91. The number of thioether (sulfide) groups is 1. The maximum atomic E-state index is 13.1. The number of aromatic nitrogens is 3. The third kappa shape index (κ3) is 4.13. The zero-order valence-electron chi connectivity index (χ0n) is 20.7. The molecule has 200 valence electrons. The number of piperazine rings is 1. The first-order valence-corrected chi connectivity index (χ1v) is 14.0. The van der Waals surface area contributed by atoms with Crippen molar-refractivity contribution in [1.29, 1.82) is 0 Å². The van der Waals surface area contributed by atoms with E-state index in [1.165, 1.54) is 17.7 Å². The van der Waals surface area contributed by atoms with Crippen molar-refractivity contribution in [2.45, 2.75) is 37.5 Å². The number of alkyl halides is 2. The topological polar surface area (TPSA) is 95.7 Å². The molecule has 3 aliphatic heterocycles. The van der Waals surface area contributed by atoms with Gasteiger partial charge >= 0.3 is 6.43 Å². The Labute approximate surface area is 226 Å². The van der Waals surface area contributed by atoms with E-state index < -0.39 is 23.2 Å². The van der Waals surface area contributed by atoms with Crippen molar-refractivity contribution in [3.8, 4) is 11.5 Å². The molecule has 3 fully saturated rings. The number of fused-ring (bicyclic) bond motifs is 2. The van der Waals surface area contributed by atoms with E-state index >= 15 is 0 Å². The van der Waals surface area contributed by atoms with Crippen molar-refractivity contribution < 1.29 is 13.2 Å². The summed E-state index contributed by atoms with van der Waals surface area (Å²) >= 11 is 1.97. The number of anilines is 3. The summed E-state index contributed by atoms with van der Waals surface area (Å²) in [7, 11) is 0. The second kappa shape index (κ2) is 9.53. The highest BCUT2D eigenvalue weighted by Crippen LogP contribution is 2.42. The predicted octanol–water partition coefficient (Wildman–Crippen LogP) is 3.38. The normalized spacial score (nSPS) is 21.3. The quantitative estimate of drug-likeness (QED) is 0.304. The Morgan fingerprint density at radius 1 is 1.00 bits per heavy atom. The van der Waals surface area contributed by atoms with Crippen LogP contribution in [-0.2, 0) is 6.54 Å². The van der Waals surface area contributed by atoms with Gasteiger partial charge in [-0.05, 0) is 30.7 Å². The van der Waals surface area contributed by atoms with Crippen LogP contribution in [0.4, 0.5) is 25.8 Å². The molecular weight excluding hydrogens is 526 g/mol. The van der Waals surface area contributed by atoms with Crippen LogP contribution in [0.15, 0.2) is 62.7 Å². The Morgan fingerprint density at radius 3 is 2.44 bits per heavy atom. The maximum absolute atomic E-state index is 13.1. The van der Waals surface area contributed by atoms with Gasteiger partial charge in [0.05, 0.1) is 17.8 Å². The van der Waals surface area contributed by atoms with E-state index in [1.807, 2.05) is 47.0 Å². The molecule has 0 amide bonds. The fourth-order valence-electron chi connectivity index (χ4n) is 5.87. The first kappa shape index (κ1) is 24.4. The molecule has 4 aromatic rings. The third-order valence-electron chi connectivity index (χ3n) is 7.88. The molecular formula is C27H24F2N6O3S.